The largest absolute Gasteiger partial charge is 0.477 e. The van der Waals surface area contributed by atoms with Crippen molar-refractivity contribution in [3.63, 3.8) is 0 Å². The fourth-order valence-corrected chi connectivity index (χ4v) is 2.86. The zero-order valence-electron chi connectivity index (χ0n) is 18.7. The number of unbranched alkanes of at least 4 members (excludes halogenated alkanes) is 5. The molecule has 32 heavy (non-hydrogen) atoms. The minimum absolute atomic E-state index is 0.00153. The van der Waals surface area contributed by atoms with Crippen LogP contribution in [0.4, 0.5) is 17.6 Å². The van der Waals surface area contributed by atoms with Crippen LogP contribution in [0.3, 0.4) is 0 Å². The number of allylic oxidation sites excluding steroid dienone is 3. The number of pyridine rings is 1. The Morgan fingerprint density at radius 2 is 1.88 bits per heavy atom. The highest BCUT2D eigenvalue weighted by Gasteiger charge is 2.31. The minimum Gasteiger partial charge on any atom is -0.477 e. The van der Waals surface area contributed by atoms with Crippen LogP contribution in [0.2, 0.25) is 5.02 Å². The van der Waals surface area contributed by atoms with Crippen LogP contribution in [0, 0.1) is 5.92 Å². The fourth-order valence-electron chi connectivity index (χ4n) is 2.64. The summed E-state index contributed by atoms with van der Waals surface area (Å²) in [6, 6.07) is 0.804. The van der Waals surface area contributed by atoms with E-state index in [0.717, 1.165) is 44.6 Å². The summed E-state index contributed by atoms with van der Waals surface area (Å²) < 4.78 is 57.1. The van der Waals surface area contributed by atoms with E-state index in [2.05, 4.69) is 10.3 Å². The number of hydrogen-bond acceptors (Lipinski definition) is 3. The average molecular weight is 479 g/mol. The van der Waals surface area contributed by atoms with Gasteiger partial charge in [0.2, 0.25) is 5.88 Å². The number of carbonyl (C=O) groups is 1. The summed E-state index contributed by atoms with van der Waals surface area (Å²) in [5.74, 6) is -1.19. The highest BCUT2D eigenvalue weighted by atomic mass is 35.5. The topological polar surface area (TPSA) is 51.2 Å². The zero-order chi connectivity index (χ0) is 24.1. The van der Waals surface area contributed by atoms with Crippen LogP contribution >= 0.6 is 11.6 Å². The predicted octanol–water partition coefficient (Wildman–Crippen LogP) is 7.05. The van der Waals surface area contributed by atoms with Crippen molar-refractivity contribution in [3.8, 4) is 5.88 Å². The molecule has 0 saturated carbocycles. The maximum absolute atomic E-state index is 14.0. The van der Waals surface area contributed by atoms with Crippen LogP contribution in [0.25, 0.3) is 0 Å². The molecule has 1 N–H and O–H groups in total. The van der Waals surface area contributed by atoms with Gasteiger partial charge in [-0.1, -0.05) is 56.9 Å². The van der Waals surface area contributed by atoms with Gasteiger partial charge in [-0.15, -0.1) is 0 Å². The SMILES string of the molecule is CC(/C=C/CCCCCCCOc1ncc(C(F)(F)F)cc1Cl)=C(/F)C(=O)NCC(C)C. The Hall–Kier alpha value is -2.09. The number of alkyl halides is 3. The summed E-state index contributed by atoms with van der Waals surface area (Å²) in [5, 5.41) is 2.39. The van der Waals surface area contributed by atoms with Crippen molar-refractivity contribution in [2.45, 2.75) is 65.5 Å². The molecule has 0 atom stereocenters. The smallest absolute Gasteiger partial charge is 0.417 e. The molecular formula is C23H31ClF4N2O2. The van der Waals surface area contributed by atoms with Gasteiger partial charge in [-0.2, -0.15) is 13.2 Å². The Morgan fingerprint density at radius 3 is 2.50 bits per heavy atom. The number of carbonyl (C=O) groups excluding carboxylic acids is 1. The summed E-state index contributed by atoms with van der Waals surface area (Å²) in [6.45, 7) is 6.20. The van der Waals surface area contributed by atoms with Gasteiger partial charge in [0.25, 0.3) is 5.91 Å². The number of halogens is 5. The molecule has 1 heterocycles. The van der Waals surface area contributed by atoms with Gasteiger partial charge in [-0.3, -0.25) is 4.79 Å². The van der Waals surface area contributed by atoms with Crippen molar-refractivity contribution in [2.75, 3.05) is 13.2 Å². The number of nitrogens with one attached hydrogen (secondary N) is 1. The van der Waals surface area contributed by atoms with Gasteiger partial charge < -0.3 is 10.1 Å². The van der Waals surface area contributed by atoms with E-state index in [0.29, 0.717) is 24.9 Å². The Balaban J connectivity index is 2.19. The number of amides is 1. The standard InChI is InChI=1S/C23H31ClF4N2O2/c1-16(2)14-29-21(31)20(25)17(3)11-9-7-5-4-6-8-10-12-32-22-19(24)13-18(15-30-22)23(26,27)28/h9,11,13,15-16H,4-8,10,12,14H2,1-3H3,(H,29,31)/b11-9+,20-17-. The first-order valence-corrected chi connectivity index (χ1v) is 11.1. The van der Waals surface area contributed by atoms with E-state index in [-0.39, 0.29) is 16.8 Å². The summed E-state index contributed by atoms with van der Waals surface area (Å²) in [4.78, 5) is 15.3. The zero-order valence-corrected chi connectivity index (χ0v) is 19.5. The monoisotopic (exact) mass is 478 g/mol. The van der Waals surface area contributed by atoms with Crippen molar-refractivity contribution in [1.82, 2.24) is 10.3 Å². The van der Waals surface area contributed by atoms with E-state index in [1.165, 1.54) is 0 Å². The van der Waals surface area contributed by atoms with Gasteiger partial charge in [-0.05, 0) is 43.7 Å². The van der Waals surface area contributed by atoms with E-state index < -0.39 is 23.5 Å². The number of rotatable bonds is 13. The molecule has 0 bridgehead atoms. The lowest BCUT2D eigenvalue weighted by Crippen LogP contribution is -2.27. The molecular weight excluding hydrogens is 448 g/mol. The lowest BCUT2D eigenvalue weighted by atomic mass is 10.1. The minimum atomic E-state index is -4.49. The van der Waals surface area contributed by atoms with Gasteiger partial charge in [0.15, 0.2) is 5.83 Å². The van der Waals surface area contributed by atoms with E-state index in [4.69, 9.17) is 16.3 Å². The Kier molecular flexibility index (Phi) is 12.3. The Morgan fingerprint density at radius 1 is 1.22 bits per heavy atom. The van der Waals surface area contributed by atoms with Crippen molar-refractivity contribution in [1.29, 1.82) is 0 Å². The molecule has 0 aliphatic heterocycles. The second kappa shape index (κ2) is 14.1. The van der Waals surface area contributed by atoms with E-state index in [1.807, 2.05) is 19.9 Å². The average Bonchev–Trinajstić information content (AvgIpc) is 2.72. The number of ether oxygens (including phenoxy) is 1. The molecule has 0 saturated heterocycles. The predicted molar refractivity (Wildman–Crippen MR) is 118 cm³/mol. The Labute approximate surface area is 192 Å². The van der Waals surface area contributed by atoms with Gasteiger partial charge in [0.1, 0.15) is 5.02 Å². The summed E-state index contributed by atoms with van der Waals surface area (Å²) in [6.07, 6.45) is 4.96. The van der Waals surface area contributed by atoms with Crippen LogP contribution in [0.5, 0.6) is 5.88 Å². The first-order valence-electron chi connectivity index (χ1n) is 10.7. The third-order valence-electron chi connectivity index (χ3n) is 4.47. The molecule has 180 valence electrons. The van der Waals surface area contributed by atoms with Crippen LogP contribution in [-0.4, -0.2) is 24.0 Å². The number of aromatic nitrogens is 1. The highest BCUT2D eigenvalue weighted by Crippen LogP contribution is 2.33. The van der Waals surface area contributed by atoms with Crippen molar-refractivity contribution < 1.29 is 27.1 Å². The maximum Gasteiger partial charge on any atom is 0.417 e. The summed E-state index contributed by atoms with van der Waals surface area (Å²) in [7, 11) is 0. The molecule has 0 aromatic carbocycles. The molecule has 0 aliphatic rings. The van der Waals surface area contributed by atoms with Crippen LogP contribution in [0.15, 0.2) is 35.8 Å². The van der Waals surface area contributed by atoms with Gasteiger partial charge >= 0.3 is 6.18 Å². The maximum atomic E-state index is 14.0. The molecule has 0 spiro atoms. The molecule has 0 fully saturated rings. The molecule has 0 radical (unpaired) electrons. The molecule has 9 heteroatoms. The van der Waals surface area contributed by atoms with E-state index >= 15 is 0 Å². The first kappa shape index (κ1) is 27.9. The van der Waals surface area contributed by atoms with Crippen LogP contribution in [-0.2, 0) is 11.0 Å². The summed E-state index contributed by atoms with van der Waals surface area (Å²) >= 11 is 5.79. The number of nitrogens with zero attached hydrogens (tertiary/aromatic N) is 1. The normalized spacial score (nSPS) is 12.9. The van der Waals surface area contributed by atoms with Crippen LogP contribution in [0.1, 0.15) is 64.9 Å². The van der Waals surface area contributed by atoms with Gasteiger partial charge in [-0.25, -0.2) is 9.37 Å². The van der Waals surface area contributed by atoms with Crippen molar-refractivity contribution in [2.24, 2.45) is 5.92 Å². The third kappa shape index (κ3) is 11.0. The highest BCUT2D eigenvalue weighted by molar-refractivity contribution is 6.31. The van der Waals surface area contributed by atoms with E-state index in [9.17, 15) is 22.4 Å². The van der Waals surface area contributed by atoms with Crippen molar-refractivity contribution in [3.05, 3.63) is 46.4 Å². The van der Waals surface area contributed by atoms with Gasteiger partial charge in [0, 0.05) is 12.7 Å². The molecule has 1 amide bonds. The fraction of sp³-hybridized carbons (Fsp3) is 0.565. The lowest BCUT2D eigenvalue weighted by molar-refractivity contribution is -0.137. The second-order valence-corrected chi connectivity index (χ2v) is 8.32. The molecule has 0 unspecified atom stereocenters. The summed E-state index contributed by atoms with van der Waals surface area (Å²) in [5.41, 5.74) is -0.606. The molecule has 4 nitrogen and oxygen atoms in total. The molecule has 1 aromatic heterocycles. The van der Waals surface area contributed by atoms with Gasteiger partial charge in [0.05, 0.1) is 12.2 Å². The quantitative estimate of drug-likeness (QED) is 0.143. The van der Waals surface area contributed by atoms with E-state index in [1.54, 1.807) is 13.0 Å². The second-order valence-electron chi connectivity index (χ2n) is 7.92. The Bertz CT molecular complexity index is 793. The third-order valence-corrected chi connectivity index (χ3v) is 4.74. The van der Waals surface area contributed by atoms with Crippen LogP contribution < -0.4 is 10.1 Å². The lowest BCUT2D eigenvalue weighted by Gasteiger charge is -2.10. The molecule has 0 aliphatic carbocycles. The van der Waals surface area contributed by atoms with Crippen molar-refractivity contribution >= 4 is 17.5 Å². The number of hydrogen-bond donors (Lipinski definition) is 1. The molecule has 1 rings (SSSR count). The first-order chi connectivity index (χ1) is 15.0. The molecule has 1 aromatic rings.